The lowest BCUT2D eigenvalue weighted by Crippen LogP contribution is -2.48. The molecule has 1 fully saturated rings. The molecule has 3 aromatic heterocycles. The fraction of sp³-hybridized carbons (Fsp3) is 0.429. The van der Waals surface area contributed by atoms with Crippen molar-refractivity contribution < 1.29 is 23.5 Å². The predicted molar refractivity (Wildman–Crippen MR) is 142 cm³/mol. The normalized spacial score (nSPS) is 14.8. The molecule has 1 aliphatic rings. The van der Waals surface area contributed by atoms with Crippen molar-refractivity contribution >= 4 is 23.7 Å². The van der Waals surface area contributed by atoms with Crippen LogP contribution in [0.4, 0.5) is 9.18 Å². The van der Waals surface area contributed by atoms with Gasteiger partial charge in [-0.05, 0) is 71.2 Å². The Bertz CT molecular complexity index is 1380. The fourth-order valence-corrected chi connectivity index (χ4v) is 4.50. The molecule has 0 saturated carbocycles. The summed E-state index contributed by atoms with van der Waals surface area (Å²) >= 11 is 0. The maximum atomic E-state index is 14.7. The summed E-state index contributed by atoms with van der Waals surface area (Å²) in [4.78, 5) is 36.3. The number of aryl methyl sites for hydroxylation is 2. The number of fused-ring (bicyclic) bond motifs is 1. The molecule has 1 aliphatic heterocycles. The minimum atomic E-state index is -0.555. The smallest absolute Gasteiger partial charge is 0.410 e. The summed E-state index contributed by atoms with van der Waals surface area (Å²) < 4.78 is 26.9. The van der Waals surface area contributed by atoms with Gasteiger partial charge < -0.3 is 24.1 Å². The zero-order valence-corrected chi connectivity index (χ0v) is 22.7. The Morgan fingerprint density at radius 3 is 2.50 bits per heavy atom. The molecule has 202 valence electrons. The number of halogens is 1. The number of likely N-dealkylation sites (tertiary alicyclic amines) is 1. The lowest BCUT2D eigenvalue weighted by Gasteiger charge is -2.33. The summed E-state index contributed by atoms with van der Waals surface area (Å²) in [5.74, 6) is -0.719. The molecule has 0 spiro atoms. The summed E-state index contributed by atoms with van der Waals surface area (Å²) in [6.45, 7) is 10.1. The number of aromatic nitrogens is 3. The van der Waals surface area contributed by atoms with Gasteiger partial charge in [0.2, 0.25) is 0 Å². The second-order valence-corrected chi connectivity index (χ2v) is 10.5. The van der Waals surface area contributed by atoms with Gasteiger partial charge in [-0.2, -0.15) is 0 Å². The quantitative estimate of drug-likeness (QED) is 0.478. The first-order valence-electron chi connectivity index (χ1n) is 12.6. The van der Waals surface area contributed by atoms with E-state index in [2.05, 4.69) is 15.3 Å². The molecule has 0 bridgehead atoms. The van der Waals surface area contributed by atoms with E-state index in [1.807, 2.05) is 27.7 Å². The van der Waals surface area contributed by atoms with Crippen LogP contribution in [0.2, 0.25) is 0 Å². The third-order valence-electron chi connectivity index (χ3n) is 6.24. The molecule has 2 amide bonds. The number of carbonyl (C=O) groups is 2. The van der Waals surface area contributed by atoms with E-state index in [0.717, 1.165) is 0 Å². The van der Waals surface area contributed by atoms with Crippen molar-refractivity contribution in [2.75, 3.05) is 20.2 Å². The van der Waals surface area contributed by atoms with Crippen molar-refractivity contribution in [1.82, 2.24) is 24.6 Å². The Morgan fingerprint density at radius 2 is 1.84 bits per heavy atom. The van der Waals surface area contributed by atoms with E-state index in [0.29, 0.717) is 59.7 Å². The Hall–Kier alpha value is -3.95. The summed E-state index contributed by atoms with van der Waals surface area (Å²) in [7, 11) is 1.51. The number of amides is 2. The van der Waals surface area contributed by atoms with Gasteiger partial charge in [-0.15, -0.1) is 0 Å². The first kappa shape index (κ1) is 27.1. The van der Waals surface area contributed by atoms with Crippen molar-refractivity contribution in [3.63, 3.8) is 0 Å². The first-order valence-corrected chi connectivity index (χ1v) is 12.6. The second kappa shape index (κ2) is 10.8. The van der Waals surface area contributed by atoms with E-state index in [4.69, 9.17) is 9.47 Å². The zero-order chi connectivity index (χ0) is 27.6. The molecule has 4 heterocycles. The van der Waals surface area contributed by atoms with Crippen LogP contribution in [0, 0.1) is 19.7 Å². The number of hydrogen-bond acceptors (Lipinski definition) is 6. The molecular formula is C28H34FN5O4. The van der Waals surface area contributed by atoms with Crippen molar-refractivity contribution in [1.29, 1.82) is 0 Å². The van der Waals surface area contributed by atoms with Crippen molar-refractivity contribution in [2.24, 2.45) is 0 Å². The third-order valence-corrected chi connectivity index (χ3v) is 6.24. The monoisotopic (exact) mass is 523 g/mol. The highest BCUT2D eigenvalue weighted by atomic mass is 19.1. The number of piperidine rings is 1. The third kappa shape index (κ3) is 6.12. The Morgan fingerprint density at radius 1 is 1.13 bits per heavy atom. The second-order valence-electron chi connectivity index (χ2n) is 10.5. The predicted octanol–water partition coefficient (Wildman–Crippen LogP) is 4.90. The van der Waals surface area contributed by atoms with Crippen LogP contribution in [0.1, 0.15) is 60.9 Å². The van der Waals surface area contributed by atoms with Crippen molar-refractivity contribution in [2.45, 2.75) is 59.1 Å². The molecule has 1 saturated heterocycles. The lowest BCUT2D eigenvalue weighted by atomic mass is 10.0. The van der Waals surface area contributed by atoms with Gasteiger partial charge in [-0.3, -0.25) is 4.79 Å². The highest BCUT2D eigenvalue weighted by Gasteiger charge is 2.28. The molecule has 0 aliphatic carbocycles. The molecular weight excluding hydrogens is 489 g/mol. The topological polar surface area (TPSA) is 98.1 Å². The molecule has 0 radical (unpaired) electrons. The summed E-state index contributed by atoms with van der Waals surface area (Å²) in [6, 6.07) is 3.07. The van der Waals surface area contributed by atoms with Gasteiger partial charge in [-0.25, -0.2) is 19.2 Å². The number of imidazole rings is 1. The van der Waals surface area contributed by atoms with E-state index < -0.39 is 11.4 Å². The minimum Gasteiger partial charge on any atom is -0.504 e. The van der Waals surface area contributed by atoms with E-state index in [-0.39, 0.29) is 23.7 Å². The number of nitrogens with zero attached hydrogens (tertiary/aromatic N) is 4. The van der Waals surface area contributed by atoms with Crippen LogP contribution < -0.4 is 5.32 Å². The largest absolute Gasteiger partial charge is 0.504 e. The van der Waals surface area contributed by atoms with Gasteiger partial charge in [0.1, 0.15) is 5.60 Å². The minimum absolute atomic E-state index is 0.0968. The maximum Gasteiger partial charge on any atom is 0.410 e. The van der Waals surface area contributed by atoms with E-state index in [1.54, 1.807) is 40.8 Å². The number of ether oxygens (including phenoxy) is 2. The Kier molecular flexibility index (Phi) is 7.71. The average molecular weight is 524 g/mol. The maximum absolute atomic E-state index is 14.7. The number of rotatable bonds is 5. The molecule has 38 heavy (non-hydrogen) atoms. The van der Waals surface area contributed by atoms with E-state index >= 15 is 0 Å². The summed E-state index contributed by atoms with van der Waals surface area (Å²) in [5.41, 5.74) is 2.99. The fourth-order valence-electron chi connectivity index (χ4n) is 4.50. The number of methoxy groups -OCH3 is 1. The lowest BCUT2D eigenvalue weighted by molar-refractivity contribution is 0.0199. The van der Waals surface area contributed by atoms with Crippen molar-refractivity contribution in [3.05, 3.63) is 59.1 Å². The molecule has 3 aromatic rings. The highest BCUT2D eigenvalue weighted by molar-refractivity contribution is 5.99. The summed E-state index contributed by atoms with van der Waals surface area (Å²) in [5, 5.41) is 3.09. The van der Waals surface area contributed by atoms with Gasteiger partial charge >= 0.3 is 6.09 Å². The highest BCUT2D eigenvalue weighted by Crippen LogP contribution is 2.26. The SMILES string of the molecule is COC=Cc1nc(-c2cc(F)c3nc(C)cn3c2)cc(C)c1C(=O)NC1CCN(C(=O)OC(C)(C)C)CC1. The van der Waals surface area contributed by atoms with Gasteiger partial charge in [0.15, 0.2) is 11.5 Å². The van der Waals surface area contributed by atoms with Gasteiger partial charge in [0, 0.05) is 37.1 Å². The van der Waals surface area contributed by atoms with Crippen LogP contribution in [0.5, 0.6) is 0 Å². The van der Waals surface area contributed by atoms with Gasteiger partial charge in [-0.1, -0.05) is 0 Å². The number of hydrogen-bond donors (Lipinski definition) is 1. The zero-order valence-electron chi connectivity index (χ0n) is 22.7. The summed E-state index contributed by atoms with van der Waals surface area (Å²) in [6.07, 6.45) is 7.46. The number of nitrogens with one attached hydrogen (secondary N) is 1. The number of pyridine rings is 2. The Balaban J connectivity index is 1.55. The van der Waals surface area contributed by atoms with E-state index in [9.17, 15) is 14.0 Å². The number of carbonyl (C=O) groups excluding carboxylic acids is 2. The van der Waals surface area contributed by atoms with Crippen molar-refractivity contribution in [3.8, 4) is 11.3 Å². The molecule has 4 rings (SSSR count). The van der Waals surface area contributed by atoms with Gasteiger partial charge in [0.25, 0.3) is 5.91 Å². The first-order chi connectivity index (χ1) is 17.9. The van der Waals surface area contributed by atoms with Crippen LogP contribution in [0.25, 0.3) is 23.0 Å². The molecule has 0 aromatic carbocycles. The van der Waals surface area contributed by atoms with Crippen LogP contribution in [0.15, 0.2) is 30.8 Å². The molecule has 9 nitrogen and oxygen atoms in total. The molecule has 0 atom stereocenters. The molecule has 10 heteroatoms. The molecule has 1 N–H and O–H groups in total. The van der Waals surface area contributed by atoms with Gasteiger partial charge in [0.05, 0.1) is 36.0 Å². The van der Waals surface area contributed by atoms with Crippen LogP contribution in [-0.4, -0.2) is 63.1 Å². The van der Waals surface area contributed by atoms with Crippen LogP contribution in [0.3, 0.4) is 0 Å². The molecule has 0 unspecified atom stereocenters. The van der Waals surface area contributed by atoms with Crippen LogP contribution >= 0.6 is 0 Å². The van der Waals surface area contributed by atoms with E-state index in [1.165, 1.54) is 19.4 Å². The standard InChI is InChI=1S/C28H34FN5O4/c1-17-13-23(19-14-21(29)25-30-18(2)15-34(25)16-19)32-22(9-12-37-6)24(17)26(35)31-20-7-10-33(11-8-20)27(36)38-28(3,4)5/h9,12-16,20H,7-8,10-11H2,1-6H3,(H,31,35). The average Bonchev–Trinajstić information content (AvgIpc) is 3.22. The Labute approximate surface area is 221 Å². The van der Waals surface area contributed by atoms with Crippen LogP contribution in [-0.2, 0) is 9.47 Å².